The first kappa shape index (κ1) is 11.5. The highest BCUT2D eigenvalue weighted by Gasteiger charge is 2.01. The maximum Gasteiger partial charge on any atom is 0.221 e. The zero-order valence-electron chi connectivity index (χ0n) is 10.3. The Bertz CT molecular complexity index is 523. The van der Waals surface area contributed by atoms with Crippen LogP contribution in [0.3, 0.4) is 0 Å². The fourth-order valence-corrected chi connectivity index (χ4v) is 1.51. The molecule has 0 aliphatic carbocycles. The molecule has 2 rings (SSSR count). The molecule has 0 saturated carbocycles. The molecule has 1 heterocycles. The first-order valence-corrected chi connectivity index (χ1v) is 5.59. The fourth-order valence-electron chi connectivity index (χ4n) is 1.51. The Kier molecular flexibility index (Phi) is 3.28. The van der Waals surface area contributed by atoms with Crippen LogP contribution < -0.4 is 10.1 Å². The molecule has 88 valence electrons. The Morgan fingerprint density at radius 2 is 1.88 bits per heavy atom. The minimum atomic E-state index is 0.597. The van der Waals surface area contributed by atoms with Gasteiger partial charge in [-0.05, 0) is 43.2 Å². The Balaban J connectivity index is 2.22. The lowest BCUT2D eigenvalue weighted by molar-refractivity contribution is 0.463. The summed E-state index contributed by atoms with van der Waals surface area (Å²) in [5, 5.41) is 2.98. The number of nitrogens with zero attached hydrogens (tertiary/aromatic N) is 1. The molecule has 2 aromatic rings. The van der Waals surface area contributed by atoms with Gasteiger partial charge in [-0.2, -0.15) is 4.98 Å². The third-order valence-electron chi connectivity index (χ3n) is 2.68. The normalized spacial score (nSPS) is 10.1. The first-order chi connectivity index (χ1) is 8.19. The second-order valence-electron chi connectivity index (χ2n) is 3.96. The zero-order valence-corrected chi connectivity index (χ0v) is 10.3. The van der Waals surface area contributed by atoms with Crippen molar-refractivity contribution in [1.82, 2.24) is 4.98 Å². The van der Waals surface area contributed by atoms with E-state index in [-0.39, 0.29) is 0 Å². The maximum atomic E-state index is 5.71. The maximum absolute atomic E-state index is 5.71. The van der Waals surface area contributed by atoms with E-state index < -0.39 is 0 Å². The lowest BCUT2D eigenvalue weighted by Gasteiger charge is -2.08. The topological polar surface area (TPSA) is 34.1 Å². The number of rotatable bonds is 3. The largest absolute Gasteiger partial charge is 0.439 e. The molecule has 3 heteroatoms. The predicted molar refractivity (Wildman–Crippen MR) is 69.8 cm³/mol. The SMILES string of the molecule is CNc1cccc(Oc2ccc(C)c(C)c2)n1. The van der Waals surface area contributed by atoms with E-state index in [9.17, 15) is 0 Å². The van der Waals surface area contributed by atoms with Crippen LogP contribution in [0.1, 0.15) is 11.1 Å². The van der Waals surface area contributed by atoms with Crippen molar-refractivity contribution in [2.75, 3.05) is 12.4 Å². The van der Waals surface area contributed by atoms with E-state index in [1.807, 2.05) is 43.4 Å². The number of hydrogen-bond donors (Lipinski definition) is 1. The Morgan fingerprint density at radius 1 is 1.06 bits per heavy atom. The van der Waals surface area contributed by atoms with Crippen molar-refractivity contribution in [3.05, 3.63) is 47.5 Å². The number of hydrogen-bond acceptors (Lipinski definition) is 3. The van der Waals surface area contributed by atoms with Gasteiger partial charge >= 0.3 is 0 Å². The second kappa shape index (κ2) is 4.87. The molecular formula is C14H16N2O. The quantitative estimate of drug-likeness (QED) is 0.872. The highest BCUT2D eigenvalue weighted by molar-refractivity contribution is 5.39. The van der Waals surface area contributed by atoms with E-state index in [2.05, 4.69) is 24.1 Å². The fraction of sp³-hybridized carbons (Fsp3) is 0.214. The summed E-state index contributed by atoms with van der Waals surface area (Å²) in [6.07, 6.45) is 0. The predicted octanol–water partition coefficient (Wildman–Crippen LogP) is 3.53. The molecule has 0 atom stereocenters. The van der Waals surface area contributed by atoms with E-state index in [1.165, 1.54) is 11.1 Å². The number of aromatic nitrogens is 1. The summed E-state index contributed by atoms with van der Waals surface area (Å²) in [6, 6.07) is 11.7. The summed E-state index contributed by atoms with van der Waals surface area (Å²) < 4.78 is 5.71. The summed E-state index contributed by atoms with van der Waals surface area (Å²) >= 11 is 0. The van der Waals surface area contributed by atoms with E-state index in [4.69, 9.17) is 4.74 Å². The van der Waals surface area contributed by atoms with Crippen LogP contribution in [0.5, 0.6) is 11.6 Å². The van der Waals surface area contributed by atoms with Crippen LogP contribution in [0.4, 0.5) is 5.82 Å². The average molecular weight is 228 g/mol. The molecule has 17 heavy (non-hydrogen) atoms. The Morgan fingerprint density at radius 3 is 2.59 bits per heavy atom. The summed E-state index contributed by atoms with van der Waals surface area (Å²) in [4.78, 5) is 4.31. The van der Waals surface area contributed by atoms with Crippen LogP contribution in [-0.4, -0.2) is 12.0 Å². The Hall–Kier alpha value is -2.03. The van der Waals surface area contributed by atoms with Gasteiger partial charge in [0.2, 0.25) is 5.88 Å². The van der Waals surface area contributed by atoms with Gasteiger partial charge in [-0.1, -0.05) is 12.1 Å². The molecule has 1 aromatic carbocycles. The third kappa shape index (κ3) is 2.75. The van der Waals surface area contributed by atoms with Gasteiger partial charge in [0.1, 0.15) is 11.6 Å². The highest BCUT2D eigenvalue weighted by atomic mass is 16.5. The van der Waals surface area contributed by atoms with Crippen LogP contribution >= 0.6 is 0 Å². The molecule has 0 saturated heterocycles. The van der Waals surface area contributed by atoms with E-state index in [1.54, 1.807) is 0 Å². The molecule has 0 aliphatic rings. The molecule has 1 aromatic heterocycles. The molecular weight excluding hydrogens is 212 g/mol. The van der Waals surface area contributed by atoms with Crippen molar-refractivity contribution >= 4 is 5.82 Å². The van der Waals surface area contributed by atoms with Crippen LogP contribution in [0.2, 0.25) is 0 Å². The van der Waals surface area contributed by atoms with Gasteiger partial charge in [-0.25, -0.2) is 0 Å². The van der Waals surface area contributed by atoms with Gasteiger partial charge in [-0.3, -0.25) is 0 Å². The molecule has 3 nitrogen and oxygen atoms in total. The minimum Gasteiger partial charge on any atom is -0.439 e. The number of nitrogens with one attached hydrogen (secondary N) is 1. The van der Waals surface area contributed by atoms with E-state index >= 15 is 0 Å². The van der Waals surface area contributed by atoms with Gasteiger partial charge < -0.3 is 10.1 Å². The molecule has 1 N–H and O–H groups in total. The van der Waals surface area contributed by atoms with E-state index in [0.717, 1.165) is 11.6 Å². The van der Waals surface area contributed by atoms with Crippen molar-refractivity contribution in [3.8, 4) is 11.6 Å². The van der Waals surface area contributed by atoms with Crippen molar-refractivity contribution in [2.24, 2.45) is 0 Å². The number of benzene rings is 1. The monoisotopic (exact) mass is 228 g/mol. The third-order valence-corrected chi connectivity index (χ3v) is 2.68. The number of aryl methyl sites for hydroxylation is 2. The van der Waals surface area contributed by atoms with Crippen LogP contribution in [0.15, 0.2) is 36.4 Å². The standard InChI is InChI=1S/C14H16N2O/c1-10-7-8-12(9-11(10)2)17-14-6-4-5-13(15-3)16-14/h4-9H,1-3H3,(H,15,16). The Labute approximate surface area is 101 Å². The highest BCUT2D eigenvalue weighted by Crippen LogP contribution is 2.22. The molecule has 0 aliphatic heterocycles. The number of ether oxygens (including phenoxy) is 1. The summed E-state index contributed by atoms with van der Waals surface area (Å²) in [6.45, 7) is 4.15. The van der Waals surface area contributed by atoms with E-state index in [0.29, 0.717) is 5.88 Å². The molecule has 0 unspecified atom stereocenters. The van der Waals surface area contributed by atoms with Gasteiger partial charge in [0, 0.05) is 13.1 Å². The number of anilines is 1. The van der Waals surface area contributed by atoms with Gasteiger partial charge in [0.15, 0.2) is 0 Å². The summed E-state index contributed by atoms with van der Waals surface area (Å²) in [5.41, 5.74) is 2.47. The molecule has 0 bridgehead atoms. The molecule has 0 fully saturated rings. The molecule has 0 spiro atoms. The summed E-state index contributed by atoms with van der Waals surface area (Å²) in [5.74, 6) is 2.21. The average Bonchev–Trinajstić information content (AvgIpc) is 2.34. The lowest BCUT2D eigenvalue weighted by atomic mass is 10.1. The molecule has 0 radical (unpaired) electrons. The van der Waals surface area contributed by atoms with Gasteiger partial charge in [-0.15, -0.1) is 0 Å². The van der Waals surface area contributed by atoms with Crippen molar-refractivity contribution in [2.45, 2.75) is 13.8 Å². The zero-order chi connectivity index (χ0) is 12.3. The second-order valence-corrected chi connectivity index (χ2v) is 3.96. The smallest absolute Gasteiger partial charge is 0.221 e. The first-order valence-electron chi connectivity index (χ1n) is 5.59. The summed E-state index contributed by atoms with van der Waals surface area (Å²) in [7, 11) is 1.84. The van der Waals surface area contributed by atoms with Crippen molar-refractivity contribution in [1.29, 1.82) is 0 Å². The number of pyridine rings is 1. The lowest BCUT2D eigenvalue weighted by Crippen LogP contribution is -1.94. The van der Waals surface area contributed by atoms with Crippen LogP contribution in [0.25, 0.3) is 0 Å². The van der Waals surface area contributed by atoms with Crippen LogP contribution in [-0.2, 0) is 0 Å². The van der Waals surface area contributed by atoms with Crippen LogP contribution in [0, 0.1) is 13.8 Å². The van der Waals surface area contributed by atoms with Crippen molar-refractivity contribution in [3.63, 3.8) is 0 Å². The minimum absolute atomic E-state index is 0.597. The van der Waals surface area contributed by atoms with Crippen molar-refractivity contribution < 1.29 is 4.74 Å². The van der Waals surface area contributed by atoms with Gasteiger partial charge in [0.25, 0.3) is 0 Å². The molecule has 0 amide bonds. The van der Waals surface area contributed by atoms with Gasteiger partial charge in [0.05, 0.1) is 0 Å².